The number of hydrogen-bond donors (Lipinski definition) is 1. The molecule has 0 aromatic carbocycles. The Morgan fingerprint density at radius 1 is 1.38 bits per heavy atom. The van der Waals surface area contributed by atoms with Gasteiger partial charge < -0.3 is 4.48 Å². The van der Waals surface area contributed by atoms with Gasteiger partial charge in [0.05, 0.1) is 21.1 Å². The predicted molar refractivity (Wildman–Crippen MR) is 36.3 cm³/mol. The van der Waals surface area contributed by atoms with Crippen LogP contribution in [0.25, 0.3) is 0 Å². The molecule has 0 fully saturated rings. The third kappa shape index (κ3) is 2.28. The van der Waals surface area contributed by atoms with Crippen molar-refractivity contribution < 1.29 is 4.48 Å². The van der Waals surface area contributed by atoms with Gasteiger partial charge in [-0.15, -0.1) is 0 Å². The van der Waals surface area contributed by atoms with E-state index in [9.17, 15) is 0 Å². The van der Waals surface area contributed by atoms with E-state index in [1.165, 1.54) is 0 Å². The smallest absolute Gasteiger partial charge is 0.139 e. The van der Waals surface area contributed by atoms with E-state index in [2.05, 4.69) is 28.1 Å². The van der Waals surface area contributed by atoms with Gasteiger partial charge in [-0.2, -0.15) is 0 Å². The quantitative estimate of drug-likeness (QED) is 0.411. The normalized spacial score (nSPS) is 16.1. The van der Waals surface area contributed by atoms with E-state index >= 15 is 0 Å². The summed E-state index contributed by atoms with van der Waals surface area (Å²) in [4.78, 5) is 0. The maximum absolute atomic E-state index is 5.72. The van der Waals surface area contributed by atoms with Crippen LogP contribution in [0, 0.1) is 0 Å². The Bertz CT molecular complexity index is 63.4. The highest BCUT2D eigenvalue weighted by molar-refractivity contribution is 4.39. The summed E-state index contributed by atoms with van der Waals surface area (Å²) in [5.74, 6) is 0. The number of nitrogens with two attached hydrogens (primary N) is 1. The zero-order chi connectivity index (χ0) is 6.78. The molecule has 0 heterocycles. The molecule has 2 nitrogen and oxygen atoms in total. The Morgan fingerprint density at radius 2 is 1.75 bits per heavy atom. The van der Waals surface area contributed by atoms with Crippen molar-refractivity contribution in [1.29, 1.82) is 0 Å². The van der Waals surface area contributed by atoms with E-state index < -0.39 is 0 Å². The minimum atomic E-state index is 0.287. The van der Waals surface area contributed by atoms with E-state index in [0.29, 0.717) is 0 Å². The minimum Gasteiger partial charge on any atom is -0.316 e. The fourth-order valence-electron chi connectivity index (χ4n) is 0.548. The highest BCUT2D eigenvalue weighted by atomic mass is 15.4. The van der Waals surface area contributed by atoms with Crippen molar-refractivity contribution in [2.45, 2.75) is 19.5 Å². The lowest BCUT2D eigenvalue weighted by Crippen LogP contribution is -2.50. The Kier molecular flexibility index (Phi) is 2.44. The Labute approximate surface area is 51.9 Å². The summed E-state index contributed by atoms with van der Waals surface area (Å²) >= 11 is 0. The fourth-order valence-corrected chi connectivity index (χ4v) is 0.548. The molecule has 2 N–H and O–H groups in total. The largest absolute Gasteiger partial charge is 0.316 e. The molecule has 0 saturated carbocycles. The summed E-state index contributed by atoms with van der Waals surface area (Å²) in [6.45, 7) is 2.11. The summed E-state index contributed by atoms with van der Waals surface area (Å²) in [5.41, 5.74) is 5.72. The summed E-state index contributed by atoms with van der Waals surface area (Å²) in [7, 11) is 6.32. The van der Waals surface area contributed by atoms with Gasteiger partial charge in [0, 0.05) is 6.42 Å². The predicted octanol–water partition coefficient (Wildman–Crippen LogP) is 0.387. The van der Waals surface area contributed by atoms with Gasteiger partial charge >= 0.3 is 0 Å². The van der Waals surface area contributed by atoms with Gasteiger partial charge in [0.25, 0.3) is 0 Å². The number of nitrogens with zero attached hydrogens (tertiary/aromatic N) is 1. The van der Waals surface area contributed by atoms with E-state index in [-0.39, 0.29) is 6.17 Å². The Balaban J connectivity index is 3.62. The summed E-state index contributed by atoms with van der Waals surface area (Å²) in [5, 5.41) is 0. The van der Waals surface area contributed by atoms with Crippen LogP contribution in [-0.2, 0) is 0 Å². The fraction of sp³-hybridized carbons (Fsp3) is 1.00. The molecule has 0 bridgehead atoms. The van der Waals surface area contributed by atoms with Crippen molar-refractivity contribution in [3.63, 3.8) is 0 Å². The lowest BCUT2D eigenvalue weighted by Gasteiger charge is -2.30. The Morgan fingerprint density at radius 3 is 1.75 bits per heavy atom. The first-order valence-electron chi connectivity index (χ1n) is 3.05. The van der Waals surface area contributed by atoms with Crippen LogP contribution in [-0.4, -0.2) is 31.8 Å². The van der Waals surface area contributed by atoms with E-state index in [1.807, 2.05) is 0 Å². The van der Waals surface area contributed by atoms with Gasteiger partial charge in [0.15, 0.2) is 0 Å². The number of hydrogen-bond acceptors (Lipinski definition) is 1. The van der Waals surface area contributed by atoms with Crippen molar-refractivity contribution >= 4 is 0 Å². The van der Waals surface area contributed by atoms with Crippen molar-refractivity contribution in [3.05, 3.63) is 0 Å². The first-order chi connectivity index (χ1) is 3.48. The van der Waals surface area contributed by atoms with Crippen molar-refractivity contribution in [1.82, 2.24) is 0 Å². The molecule has 0 aliphatic rings. The monoisotopic (exact) mass is 117 g/mol. The standard InChI is InChI=1S/C6H17N2/c1-5-6(7)8(2,3)4/h6H,5,7H2,1-4H3/q+1. The molecular weight excluding hydrogens is 100 g/mol. The third-order valence-corrected chi connectivity index (χ3v) is 1.41. The average Bonchev–Trinajstić information content (AvgIpc) is 1.62. The lowest BCUT2D eigenvalue weighted by atomic mass is 10.3. The number of quaternary nitrogens is 1. The third-order valence-electron chi connectivity index (χ3n) is 1.41. The molecule has 0 aliphatic carbocycles. The topological polar surface area (TPSA) is 26.0 Å². The molecule has 0 rings (SSSR count). The van der Waals surface area contributed by atoms with Crippen LogP contribution in [0.3, 0.4) is 0 Å². The summed E-state index contributed by atoms with van der Waals surface area (Å²) in [6, 6.07) is 0. The van der Waals surface area contributed by atoms with Crippen molar-refractivity contribution in [3.8, 4) is 0 Å². The highest BCUT2D eigenvalue weighted by Crippen LogP contribution is 1.98. The maximum Gasteiger partial charge on any atom is 0.139 e. The van der Waals surface area contributed by atoms with Crippen LogP contribution in [0.2, 0.25) is 0 Å². The molecule has 0 amide bonds. The van der Waals surface area contributed by atoms with E-state index in [4.69, 9.17) is 5.73 Å². The second kappa shape index (κ2) is 2.46. The number of rotatable bonds is 2. The van der Waals surface area contributed by atoms with Gasteiger partial charge in [-0.3, -0.25) is 5.73 Å². The van der Waals surface area contributed by atoms with Crippen LogP contribution >= 0.6 is 0 Å². The van der Waals surface area contributed by atoms with Gasteiger partial charge in [-0.05, 0) is 0 Å². The zero-order valence-corrected chi connectivity index (χ0v) is 6.31. The van der Waals surface area contributed by atoms with Gasteiger partial charge in [0.1, 0.15) is 6.17 Å². The second-order valence-corrected chi connectivity index (χ2v) is 3.09. The van der Waals surface area contributed by atoms with Crippen LogP contribution in [0.15, 0.2) is 0 Å². The summed E-state index contributed by atoms with van der Waals surface area (Å²) < 4.78 is 0.858. The molecule has 0 spiro atoms. The molecule has 0 aromatic heterocycles. The molecule has 1 unspecified atom stereocenters. The zero-order valence-electron chi connectivity index (χ0n) is 6.31. The molecule has 1 atom stereocenters. The van der Waals surface area contributed by atoms with Crippen LogP contribution in [0.1, 0.15) is 13.3 Å². The molecule has 0 saturated heterocycles. The minimum absolute atomic E-state index is 0.287. The molecule has 8 heavy (non-hydrogen) atoms. The first kappa shape index (κ1) is 7.92. The van der Waals surface area contributed by atoms with Crippen molar-refractivity contribution in [2.75, 3.05) is 21.1 Å². The molecule has 0 aliphatic heterocycles. The second-order valence-electron chi connectivity index (χ2n) is 3.09. The summed E-state index contributed by atoms with van der Waals surface area (Å²) in [6.07, 6.45) is 1.33. The van der Waals surface area contributed by atoms with Crippen molar-refractivity contribution in [2.24, 2.45) is 5.73 Å². The van der Waals surface area contributed by atoms with E-state index in [0.717, 1.165) is 10.9 Å². The molecule has 0 aromatic rings. The van der Waals surface area contributed by atoms with Gasteiger partial charge in [0.2, 0.25) is 0 Å². The maximum atomic E-state index is 5.72. The molecule has 2 heteroatoms. The Hall–Kier alpha value is -0.0800. The van der Waals surface area contributed by atoms with Crippen LogP contribution < -0.4 is 5.73 Å². The van der Waals surface area contributed by atoms with Gasteiger partial charge in [-0.25, -0.2) is 0 Å². The molecular formula is C6H17N2+. The first-order valence-corrected chi connectivity index (χ1v) is 3.05. The van der Waals surface area contributed by atoms with Crippen LogP contribution in [0.5, 0.6) is 0 Å². The molecule has 50 valence electrons. The molecule has 0 radical (unpaired) electrons. The lowest BCUT2D eigenvalue weighted by molar-refractivity contribution is -0.895. The van der Waals surface area contributed by atoms with Gasteiger partial charge in [-0.1, -0.05) is 6.92 Å². The SMILES string of the molecule is CCC(N)[N+](C)(C)C. The van der Waals surface area contributed by atoms with E-state index in [1.54, 1.807) is 0 Å². The highest BCUT2D eigenvalue weighted by Gasteiger charge is 2.14. The van der Waals surface area contributed by atoms with Crippen LogP contribution in [0.4, 0.5) is 0 Å². The average molecular weight is 117 g/mol.